The SMILES string of the molecule is Clc1ccc(-c2cc(-c3ccc(OCc4ccccc4)cc3)cc(-c3ccc(Cl)cc3)n2)cc1. The molecule has 0 radical (unpaired) electrons. The quantitative estimate of drug-likeness (QED) is 0.241. The minimum absolute atomic E-state index is 0.539. The Bertz CT molecular complexity index is 1320. The standard InChI is InChI=1S/C30H21Cl2NO/c31-26-12-6-23(7-13-26)29-18-25(19-30(33-29)24-8-14-27(32)15-9-24)22-10-16-28(17-11-22)34-20-21-4-2-1-3-5-21/h1-19H,20H2. The van der Waals surface area contributed by atoms with Gasteiger partial charge in [-0.1, -0.05) is 89.9 Å². The van der Waals surface area contributed by atoms with Gasteiger partial charge in [0.25, 0.3) is 0 Å². The van der Waals surface area contributed by atoms with Crippen molar-refractivity contribution in [2.24, 2.45) is 0 Å². The van der Waals surface area contributed by atoms with Crippen molar-refractivity contribution in [3.63, 3.8) is 0 Å². The molecule has 4 heteroatoms. The third kappa shape index (κ3) is 5.31. The molecular formula is C30H21Cl2NO. The van der Waals surface area contributed by atoms with Crippen LogP contribution in [-0.4, -0.2) is 4.98 Å². The maximum atomic E-state index is 6.10. The number of rotatable bonds is 6. The summed E-state index contributed by atoms with van der Waals surface area (Å²) in [5.74, 6) is 0.831. The van der Waals surface area contributed by atoms with Crippen molar-refractivity contribution < 1.29 is 4.74 Å². The average molecular weight is 482 g/mol. The molecule has 4 aromatic carbocycles. The van der Waals surface area contributed by atoms with Crippen molar-refractivity contribution in [3.05, 3.63) is 131 Å². The summed E-state index contributed by atoms with van der Waals surface area (Å²) in [5, 5.41) is 1.40. The van der Waals surface area contributed by atoms with Crippen molar-refractivity contribution in [2.45, 2.75) is 6.61 Å². The molecule has 34 heavy (non-hydrogen) atoms. The Kier molecular flexibility index (Phi) is 6.62. The van der Waals surface area contributed by atoms with Crippen LogP contribution in [0.4, 0.5) is 0 Å². The van der Waals surface area contributed by atoms with Gasteiger partial charge in [-0.15, -0.1) is 0 Å². The van der Waals surface area contributed by atoms with Gasteiger partial charge in [0, 0.05) is 21.2 Å². The smallest absolute Gasteiger partial charge is 0.119 e. The third-order valence-electron chi connectivity index (χ3n) is 5.54. The normalized spacial score (nSPS) is 10.8. The van der Waals surface area contributed by atoms with Crippen LogP contribution in [0.1, 0.15) is 5.56 Å². The maximum absolute atomic E-state index is 6.10. The van der Waals surface area contributed by atoms with Gasteiger partial charge >= 0.3 is 0 Å². The Morgan fingerprint density at radius 3 is 1.56 bits per heavy atom. The first-order chi connectivity index (χ1) is 16.6. The van der Waals surface area contributed by atoms with Crippen LogP contribution in [-0.2, 0) is 6.61 Å². The van der Waals surface area contributed by atoms with Crippen molar-refractivity contribution >= 4 is 23.2 Å². The molecule has 5 rings (SSSR count). The molecule has 0 aliphatic rings. The van der Waals surface area contributed by atoms with Gasteiger partial charge in [-0.25, -0.2) is 4.98 Å². The van der Waals surface area contributed by atoms with Crippen molar-refractivity contribution in [3.8, 4) is 39.4 Å². The first-order valence-corrected chi connectivity index (χ1v) is 11.7. The number of benzene rings is 4. The highest BCUT2D eigenvalue weighted by Gasteiger charge is 2.10. The van der Waals surface area contributed by atoms with Gasteiger partial charge in [0.05, 0.1) is 11.4 Å². The second-order valence-electron chi connectivity index (χ2n) is 7.94. The number of aromatic nitrogens is 1. The highest BCUT2D eigenvalue weighted by atomic mass is 35.5. The molecule has 0 spiro atoms. The van der Waals surface area contributed by atoms with Gasteiger partial charge in [-0.3, -0.25) is 0 Å². The van der Waals surface area contributed by atoms with Gasteiger partial charge in [0.2, 0.25) is 0 Å². The number of pyridine rings is 1. The van der Waals surface area contributed by atoms with E-state index in [1.807, 2.05) is 78.9 Å². The van der Waals surface area contributed by atoms with E-state index in [0.717, 1.165) is 45.0 Å². The van der Waals surface area contributed by atoms with Gasteiger partial charge in [-0.05, 0) is 65.2 Å². The van der Waals surface area contributed by atoms with Crippen molar-refractivity contribution in [1.29, 1.82) is 0 Å². The van der Waals surface area contributed by atoms with Crippen LogP contribution < -0.4 is 4.74 Å². The summed E-state index contributed by atoms with van der Waals surface area (Å²) >= 11 is 12.2. The van der Waals surface area contributed by atoms with Crippen LogP contribution in [0.5, 0.6) is 5.75 Å². The van der Waals surface area contributed by atoms with Crippen molar-refractivity contribution in [1.82, 2.24) is 4.98 Å². The molecule has 0 amide bonds. The van der Waals surface area contributed by atoms with Gasteiger partial charge in [0.1, 0.15) is 12.4 Å². The zero-order chi connectivity index (χ0) is 23.3. The predicted octanol–water partition coefficient (Wildman–Crippen LogP) is 8.97. The largest absolute Gasteiger partial charge is 0.489 e. The molecular weight excluding hydrogens is 461 g/mol. The lowest BCUT2D eigenvalue weighted by atomic mass is 10.00. The second kappa shape index (κ2) is 10.1. The van der Waals surface area contributed by atoms with Crippen molar-refractivity contribution in [2.75, 3.05) is 0 Å². The van der Waals surface area contributed by atoms with E-state index < -0.39 is 0 Å². The fourth-order valence-electron chi connectivity index (χ4n) is 3.72. The zero-order valence-electron chi connectivity index (χ0n) is 18.3. The number of halogens is 2. The van der Waals surface area contributed by atoms with Crippen LogP contribution in [0.15, 0.2) is 115 Å². The Labute approximate surface area is 209 Å². The van der Waals surface area contributed by atoms with Crippen LogP contribution in [0.2, 0.25) is 10.0 Å². The van der Waals surface area contributed by atoms with E-state index in [1.54, 1.807) is 0 Å². The third-order valence-corrected chi connectivity index (χ3v) is 6.05. The zero-order valence-corrected chi connectivity index (χ0v) is 19.8. The van der Waals surface area contributed by atoms with E-state index in [4.69, 9.17) is 32.9 Å². The topological polar surface area (TPSA) is 22.1 Å². The molecule has 0 aliphatic carbocycles. The fraction of sp³-hybridized carbons (Fsp3) is 0.0333. The summed E-state index contributed by atoms with van der Waals surface area (Å²) in [6.07, 6.45) is 0. The summed E-state index contributed by atoms with van der Waals surface area (Å²) in [7, 11) is 0. The second-order valence-corrected chi connectivity index (χ2v) is 8.81. The Morgan fingerprint density at radius 1 is 0.529 bits per heavy atom. The van der Waals surface area contributed by atoms with E-state index >= 15 is 0 Å². The molecule has 166 valence electrons. The molecule has 0 bridgehead atoms. The lowest BCUT2D eigenvalue weighted by Gasteiger charge is -2.11. The summed E-state index contributed by atoms with van der Waals surface area (Å²) < 4.78 is 5.95. The molecule has 0 unspecified atom stereocenters. The lowest BCUT2D eigenvalue weighted by molar-refractivity contribution is 0.306. The molecule has 1 heterocycles. The molecule has 5 aromatic rings. The summed E-state index contributed by atoms with van der Waals surface area (Å²) in [4.78, 5) is 4.93. The molecule has 0 atom stereocenters. The highest BCUT2D eigenvalue weighted by Crippen LogP contribution is 2.32. The van der Waals surface area contributed by atoms with Gasteiger partial charge in [0.15, 0.2) is 0 Å². The predicted molar refractivity (Wildman–Crippen MR) is 141 cm³/mol. The van der Waals surface area contributed by atoms with E-state index in [1.165, 1.54) is 0 Å². The number of ether oxygens (including phenoxy) is 1. The molecule has 0 N–H and O–H groups in total. The van der Waals surface area contributed by atoms with Gasteiger partial charge < -0.3 is 4.74 Å². The molecule has 2 nitrogen and oxygen atoms in total. The van der Waals surface area contributed by atoms with E-state index in [0.29, 0.717) is 16.7 Å². The molecule has 0 saturated carbocycles. The highest BCUT2D eigenvalue weighted by molar-refractivity contribution is 6.30. The van der Waals surface area contributed by atoms with Crippen LogP contribution in [0, 0.1) is 0 Å². The Hall–Kier alpha value is -3.59. The van der Waals surface area contributed by atoms with E-state index in [9.17, 15) is 0 Å². The van der Waals surface area contributed by atoms with E-state index in [2.05, 4.69) is 36.4 Å². The summed E-state index contributed by atoms with van der Waals surface area (Å²) in [6.45, 7) is 0.539. The first-order valence-electron chi connectivity index (χ1n) is 11.0. The van der Waals surface area contributed by atoms with Crippen LogP contribution in [0.25, 0.3) is 33.6 Å². The Morgan fingerprint density at radius 2 is 1.03 bits per heavy atom. The first kappa shape index (κ1) is 22.2. The van der Waals surface area contributed by atoms with Gasteiger partial charge in [-0.2, -0.15) is 0 Å². The minimum atomic E-state index is 0.539. The maximum Gasteiger partial charge on any atom is 0.119 e. The molecule has 0 fully saturated rings. The van der Waals surface area contributed by atoms with Crippen LogP contribution >= 0.6 is 23.2 Å². The minimum Gasteiger partial charge on any atom is -0.489 e. The number of hydrogen-bond donors (Lipinski definition) is 0. The average Bonchev–Trinajstić information content (AvgIpc) is 2.89. The fourth-order valence-corrected chi connectivity index (χ4v) is 3.97. The van der Waals surface area contributed by atoms with Crippen LogP contribution in [0.3, 0.4) is 0 Å². The Balaban J connectivity index is 1.48. The monoisotopic (exact) mass is 481 g/mol. The lowest BCUT2D eigenvalue weighted by Crippen LogP contribution is -1.95. The summed E-state index contributed by atoms with van der Waals surface area (Å²) in [5.41, 5.74) is 7.06. The number of nitrogens with zero attached hydrogens (tertiary/aromatic N) is 1. The summed E-state index contributed by atoms with van der Waals surface area (Å²) in [6, 6.07) is 38.0. The molecule has 1 aromatic heterocycles. The number of hydrogen-bond acceptors (Lipinski definition) is 2. The molecule has 0 saturated heterocycles. The molecule has 0 aliphatic heterocycles. The van der Waals surface area contributed by atoms with E-state index in [-0.39, 0.29) is 0 Å².